The van der Waals surface area contributed by atoms with E-state index < -0.39 is 10.0 Å². The summed E-state index contributed by atoms with van der Waals surface area (Å²) in [7, 11) is -1.83. The second-order valence-corrected chi connectivity index (χ2v) is 6.48. The van der Waals surface area contributed by atoms with Gasteiger partial charge in [-0.15, -0.1) is 0 Å². The molecule has 0 spiro atoms. The second kappa shape index (κ2) is 6.55. The molecule has 1 aromatic rings. The third kappa shape index (κ3) is 4.11. The van der Waals surface area contributed by atoms with Crippen LogP contribution in [0.25, 0.3) is 0 Å². The van der Waals surface area contributed by atoms with Gasteiger partial charge in [-0.05, 0) is 47.2 Å². The molecule has 0 aliphatic rings. The molecule has 0 saturated carbocycles. The van der Waals surface area contributed by atoms with Gasteiger partial charge in [0.15, 0.2) is 0 Å². The van der Waals surface area contributed by atoms with E-state index in [4.69, 9.17) is 4.74 Å². The Morgan fingerprint density at radius 3 is 2.65 bits per heavy atom. The van der Waals surface area contributed by atoms with Gasteiger partial charge in [0.1, 0.15) is 5.75 Å². The number of unbranched alkanes of at least 4 members (excludes halogenated alkanes) is 1. The lowest BCUT2D eigenvalue weighted by atomic mass is 10.3. The van der Waals surface area contributed by atoms with E-state index in [1.54, 1.807) is 25.3 Å². The number of sulfonamides is 1. The number of halogens is 1. The first-order valence-corrected chi connectivity index (χ1v) is 7.90. The Kier molecular flexibility index (Phi) is 5.68. The zero-order valence-corrected chi connectivity index (χ0v) is 12.8. The molecule has 0 aromatic heterocycles. The van der Waals surface area contributed by atoms with E-state index in [0.717, 1.165) is 16.4 Å². The van der Waals surface area contributed by atoms with Crippen LogP contribution in [0.4, 0.5) is 0 Å². The van der Waals surface area contributed by atoms with Crippen LogP contribution in [0.5, 0.6) is 5.75 Å². The zero-order valence-electron chi connectivity index (χ0n) is 9.86. The van der Waals surface area contributed by atoms with Crippen molar-refractivity contribution in [2.75, 3.05) is 13.7 Å². The SMILES string of the molecule is CCCCNS(=O)(=O)c1ccc(OC)c(I)c1. The molecule has 6 heteroatoms. The van der Waals surface area contributed by atoms with Crippen molar-refractivity contribution >= 4 is 32.6 Å². The van der Waals surface area contributed by atoms with Crippen molar-refractivity contribution in [3.05, 3.63) is 21.8 Å². The second-order valence-electron chi connectivity index (χ2n) is 3.55. The van der Waals surface area contributed by atoms with Crippen LogP contribution >= 0.6 is 22.6 Å². The number of methoxy groups -OCH3 is 1. The van der Waals surface area contributed by atoms with Crippen LogP contribution in [0, 0.1) is 3.57 Å². The van der Waals surface area contributed by atoms with E-state index in [2.05, 4.69) is 27.3 Å². The number of ether oxygens (including phenoxy) is 1. The number of rotatable bonds is 6. The van der Waals surface area contributed by atoms with Crippen LogP contribution in [-0.4, -0.2) is 22.1 Å². The van der Waals surface area contributed by atoms with E-state index in [1.165, 1.54) is 0 Å². The van der Waals surface area contributed by atoms with Crippen LogP contribution in [0.2, 0.25) is 0 Å². The zero-order chi connectivity index (χ0) is 12.9. The van der Waals surface area contributed by atoms with Gasteiger partial charge in [-0.25, -0.2) is 13.1 Å². The molecule has 4 nitrogen and oxygen atoms in total. The summed E-state index contributed by atoms with van der Waals surface area (Å²) in [5.41, 5.74) is 0. The summed E-state index contributed by atoms with van der Waals surface area (Å²) in [4.78, 5) is 0.277. The van der Waals surface area contributed by atoms with Crippen LogP contribution in [0.3, 0.4) is 0 Å². The predicted octanol–water partition coefficient (Wildman–Crippen LogP) is 2.38. The van der Waals surface area contributed by atoms with Gasteiger partial charge in [-0.3, -0.25) is 0 Å². The largest absolute Gasteiger partial charge is 0.496 e. The summed E-state index contributed by atoms with van der Waals surface area (Å²) in [5.74, 6) is 0.679. The van der Waals surface area contributed by atoms with E-state index >= 15 is 0 Å². The van der Waals surface area contributed by atoms with Crippen molar-refractivity contribution in [3.63, 3.8) is 0 Å². The van der Waals surface area contributed by atoms with Gasteiger partial charge in [-0.1, -0.05) is 13.3 Å². The third-order valence-electron chi connectivity index (χ3n) is 2.26. The molecule has 0 fully saturated rings. The highest BCUT2D eigenvalue weighted by Crippen LogP contribution is 2.23. The Morgan fingerprint density at radius 2 is 2.12 bits per heavy atom. The molecule has 0 aliphatic carbocycles. The van der Waals surface area contributed by atoms with Crippen molar-refractivity contribution in [2.24, 2.45) is 0 Å². The fraction of sp³-hybridized carbons (Fsp3) is 0.455. The summed E-state index contributed by atoms with van der Waals surface area (Å²) in [6.45, 7) is 2.49. The maximum absolute atomic E-state index is 11.9. The van der Waals surface area contributed by atoms with Gasteiger partial charge in [-0.2, -0.15) is 0 Å². The predicted molar refractivity (Wildman–Crippen MR) is 75.8 cm³/mol. The fourth-order valence-electron chi connectivity index (χ4n) is 1.28. The molecule has 0 amide bonds. The van der Waals surface area contributed by atoms with Crippen LogP contribution in [0.15, 0.2) is 23.1 Å². The van der Waals surface area contributed by atoms with Gasteiger partial charge >= 0.3 is 0 Å². The highest BCUT2D eigenvalue weighted by atomic mass is 127. The van der Waals surface area contributed by atoms with Crippen molar-refractivity contribution in [2.45, 2.75) is 24.7 Å². The molecular formula is C11H16INO3S. The van der Waals surface area contributed by atoms with E-state index in [-0.39, 0.29) is 4.90 Å². The van der Waals surface area contributed by atoms with Gasteiger partial charge in [0.05, 0.1) is 15.6 Å². The fourth-order valence-corrected chi connectivity index (χ4v) is 3.33. The normalized spacial score (nSPS) is 11.5. The lowest BCUT2D eigenvalue weighted by Gasteiger charge is -2.08. The van der Waals surface area contributed by atoms with Crippen LogP contribution in [-0.2, 0) is 10.0 Å². The Labute approximate surface area is 116 Å². The summed E-state index contributed by atoms with van der Waals surface area (Å²) in [6.07, 6.45) is 1.80. The van der Waals surface area contributed by atoms with Gasteiger partial charge in [0.2, 0.25) is 10.0 Å². The minimum Gasteiger partial charge on any atom is -0.496 e. The van der Waals surface area contributed by atoms with E-state index in [0.29, 0.717) is 12.3 Å². The quantitative estimate of drug-likeness (QED) is 0.619. The topological polar surface area (TPSA) is 55.4 Å². The van der Waals surface area contributed by atoms with E-state index in [1.807, 2.05) is 6.92 Å². The molecule has 1 rings (SSSR count). The lowest BCUT2D eigenvalue weighted by molar-refractivity contribution is 0.411. The highest BCUT2D eigenvalue weighted by Gasteiger charge is 2.14. The minimum absolute atomic E-state index is 0.277. The summed E-state index contributed by atoms with van der Waals surface area (Å²) < 4.78 is 32.2. The van der Waals surface area contributed by atoms with Crippen LogP contribution in [0.1, 0.15) is 19.8 Å². The first-order valence-electron chi connectivity index (χ1n) is 5.34. The Hall–Kier alpha value is -0.340. The standard InChI is InChI=1S/C11H16INO3S/c1-3-4-7-13-17(14,15)9-5-6-11(16-2)10(12)8-9/h5-6,8,13H,3-4,7H2,1-2H3. The highest BCUT2D eigenvalue weighted by molar-refractivity contribution is 14.1. The van der Waals surface area contributed by atoms with Crippen molar-refractivity contribution in [1.82, 2.24) is 4.72 Å². The molecule has 96 valence electrons. The molecule has 0 atom stereocenters. The summed E-state index contributed by atoms with van der Waals surface area (Å²) in [5, 5.41) is 0. The number of hydrogen-bond donors (Lipinski definition) is 1. The molecule has 17 heavy (non-hydrogen) atoms. The Bertz CT molecular complexity index is 474. The maximum atomic E-state index is 11.9. The molecule has 0 aliphatic heterocycles. The molecule has 1 aromatic carbocycles. The third-order valence-corrected chi connectivity index (χ3v) is 4.56. The molecule has 1 N–H and O–H groups in total. The van der Waals surface area contributed by atoms with Gasteiger partial charge in [0.25, 0.3) is 0 Å². The van der Waals surface area contributed by atoms with Crippen molar-refractivity contribution < 1.29 is 13.2 Å². The average molecular weight is 369 g/mol. The molecule has 0 radical (unpaired) electrons. The summed E-state index contributed by atoms with van der Waals surface area (Å²) >= 11 is 2.05. The first kappa shape index (κ1) is 14.7. The smallest absolute Gasteiger partial charge is 0.240 e. The van der Waals surface area contributed by atoms with Gasteiger partial charge in [0, 0.05) is 6.54 Å². The van der Waals surface area contributed by atoms with E-state index in [9.17, 15) is 8.42 Å². The molecule has 0 unspecified atom stereocenters. The molecular weight excluding hydrogens is 353 g/mol. The number of hydrogen-bond acceptors (Lipinski definition) is 3. The monoisotopic (exact) mass is 369 g/mol. The number of benzene rings is 1. The Morgan fingerprint density at radius 1 is 1.41 bits per heavy atom. The van der Waals surface area contributed by atoms with Crippen molar-refractivity contribution in [1.29, 1.82) is 0 Å². The molecule has 0 bridgehead atoms. The first-order chi connectivity index (χ1) is 8.01. The average Bonchev–Trinajstić information content (AvgIpc) is 2.29. The maximum Gasteiger partial charge on any atom is 0.240 e. The van der Waals surface area contributed by atoms with Gasteiger partial charge < -0.3 is 4.74 Å². The van der Waals surface area contributed by atoms with Crippen molar-refractivity contribution in [3.8, 4) is 5.75 Å². The molecule has 0 saturated heterocycles. The Balaban J connectivity index is 2.88. The van der Waals surface area contributed by atoms with Crippen LogP contribution < -0.4 is 9.46 Å². The lowest BCUT2D eigenvalue weighted by Crippen LogP contribution is -2.24. The minimum atomic E-state index is -3.39. The molecule has 0 heterocycles. The number of nitrogens with one attached hydrogen (secondary N) is 1. The summed E-state index contributed by atoms with van der Waals surface area (Å²) in [6, 6.07) is 4.82.